The number of nitrogens with one attached hydrogen (secondary N) is 1. The minimum absolute atomic E-state index is 0.0352. The first-order valence-electron chi connectivity index (χ1n) is 9.00. The van der Waals surface area contributed by atoms with Crippen molar-refractivity contribution < 1.29 is 13.2 Å². The van der Waals surface area contributed by atoms with E-state index in [9.17, 15) is 13.2 Å². The second-order valence-electron chi connectivity index (χ2n) is 7.27. The van der Waals surface area contributed by atoms with Gasteiger partial charge in [0.2, 0.25) is 15.9 Å². The van der Waals surface area contributed by atoms with Crippen molar-refractivity contribution in [3.05, 3.63) is 35.9 Å². The molecule has 1 aromatic carbocycles. The summed E-state index contributed by atoms with van der Waals surface area (Å²) < 4.78 is 27.0. The fourth-order valence-corrected chi connectivity index (χ4v) is 4.52. The smallest absolute Gasteiger partial charge is 0.244 e. The third kappa shape index (κ3) is 4.70. The van der Waals surface area contributed by atoms with Crippen LogP contribution in [0.3, 0.4) is 0 Å². The Morgan fingerprint density at radius 2 is 1.68 bits per heavy atom. The van der Waals surface area contributed by atoms with Crippen LogP contribution in [0.1, 0.15) is 51.0 Å². The lowest BCUT2D eigenvalue weighted by atomic mass is 10.2. The molecule has 0 radical (unpaired) electrons. The molecular formula is C19H26N2O3S. The summed E-state index contributed by atoms with van der Waals surface area (Å²) >= 11 is 0. The van der Waals surface area contributed by atoms with Gasteiger partial charge in [-0.2, -0.15) is 4.31 Å². The van der Waals surface area contributed by atoms with E-state index in [1.807, 2.05) is 6.92 Å². The minimum Gasteiger partial charge on any atom is -0.347 e. The van der Waals surface area contributed by atoms with Gasteiger partial charge in [-0.3, -0.25) is 4.79 Å². The van der Waals surface area contributed by atoms with Crippen molar-refractivity contribution in [2.24, 2.45) is 0 Å². The zero-order valence-corrected chi connectivity index (χ0v) is 15.5. The molecule has 6 heteroatoms. The van der Waals surface area contributed by atoms with Crippen LogP contribution in [0.5, 0.6) is 0 Å². The first-order chi connectivity index (χ1) is 11.9. The summed E-state index contributed by atoms with van der Waals surface area (Å²) in [7, 11) is -3.42. The standard InChI is InChI=1S/C19H26N2O3S/c1-19(12-13-19)20-18(22)11-8-16-6-9-17(10-7-16)25(23,24)21-14-4-2-3-5-15-21/h6-11H,2-5,12-15H2,1H3,(H,20,22). The Bertz CT molecular complexity index is 741. The second kappa shape index (κ2) is 7.30. The van der Waals surface area contributed by atoms with E-state index in [4.69, 9.17) is 0 Å². The van der Waals surface area contributed by atoms with E-state index in [1.165, 1.54) is 6.08 Å². The highest BCUT2D eigenvalue weighted by Crippen LogP contribution is 2.34. The number of carbonyl (C=O) groups excluding carboxylic acids is 1. The van der Waals surface area contributed by atoms with Crippen molar-refractivity contribution in [3.8, 4) is 0 Å². The van der Waals surface area contributed by atoms with Gasteiger partial charge in [-0.25, -0.2) is 8.42 Å². The van der Waals surface area contributed by atoms with Gasteiger partial charge in [-0.15, -0.1) is 0 Å². The molecule has 0 aromatic heterocycles. The third-order valence-electron chi connectivity index (χ3n) is 4.94. The SMILES string of the molecule is CC1(NC(=O)C=Cc2ccc(S(=O)(=O)N3CCCCCC3)cc2)CC1. The van der Waals surface area contributed by atoms with E-state index in [0.717, 1.165) is 44.1 Å². The average molecular weight is 362 g/mol. The quantitative estimate of drug-likeness (QED) is 0.819. The molecule has 1 saturated heterocycles. The molecule has 1 heterocycles. The Morgan fingerprint density at radius 1 is 1.08 bits per heavy atom. The van der Waals surface area contributed by atoms with Gasteiger partial charge in [0.1, 0.15) is 0 Å². The lowest BCUT2D eigenvalue weighted by molar-refractivity contribution is -0.117. The van der Waals surface area contributed by atoms with Crippen molar-refractivity contribution in [2.45, 2.75) is 55.9 Å². The highest BCUT2D eigenvalue weighted by Gasteiger charge is 2.38. The molecule has 1 aromatic rings. The summed E-state index contributed by atoms with van der Waals surface area (Å²) in [6, 6.07) is 6.74. The van der Waals surface area contributed by atoms with Crippen molar-refractivity contribution in [1.29, 1.82) is 0 Å². The van der Waals surface area contributed by atoms with E-state index in [1.54, 1.807) is 34.6 Å². The van der Waals surface area contributed by atoms with Gasteiger partial charge in [0.25, 0.3) is 0 Å². The molecule has 2 aliphatic rings. The highest BCUT2D eigenvalue weighted by atomic mass is 32.2. The summed E-state index contributed by atoms with van der Waals surface area (Å²) in [4.78, 5) is 12.2. The Labute approximate surface area is 150 Å². The molecule has 0 atom stereocenters. The van der Waals surface area contributed by atoms with Crippen LogP contribution in [-0.2, 0) is 14.8 Å². The first kappa shape index (κ1) is 18.1. The molecule has 3 rings (SSSR count). The second-order valence-corrected chi connectivity index (χ2v) is 9.21. The normalized spacial score (nSPS) is 21.0. The maximum atomic E-state index is 12.7. The average Bonchev–Trinajstić information content (AvgIpc) is 3.36. The molecule has 5 nitrogen and oxygen atoms in total. The summed E-state index contributed by atoms with van der Waals surface area (Å²) in [5.41, 5.74) is 0.776. The van der Waals surface area contributed by atoms with Crippen LogP contribution in [0.4, 0.5) is 0 Å². The van der Waals surface area contributed by atoms with Crippen LogP contribution in [0, 0.1) is 0 Å². The molecule has 1 amide bonds. The summed E-state index contributed by atoms with van der Waals surface area (Å²) in [5, 5.41) is 2.96. The molecule has 1 aliphatic heterocycles. The maximum absolute atomic E-state index is 12.7. The summed E-state index contributed by atoms with van der Waals surface area (Å²) in [6.07, 6.45) is 9.30. The number of sulfonamides is 1. The van der Waals surface area contributed by atoms with Gasteiger partial charge >= 0.3 is 0 Å². The molecule has 25 heavy (non-hydrogen) atoms. The minimum atomic E-state index is -3.42. The molecule has 0 bridgehead atoms. The molecule has 0 spiro atoms. The van der Waals surface area contributed by atoms with Crippen LogP contribution in [0.25, 0.3) is 6.08 Å². The fraction of sp³-hybridized carbons (Fsp3) is 0.526. The first-order valence-corrected chi connectivity index (χ1v) is 10.4. The molecule has 2 fully saturated rings. The van der Waals surface area contributed by atoms with Gasteiger partial charge in [-0.1, -0.05) is 25.0 Å². The Morgan fingerprint density at radius 3 is 2.24 bits per heavy atom. The molecule has 1 aliphatic carbocycles. The molecule has 1 N–H and O–H groups in total. The van der Waals surface area contributed by atoms with Crippen LogP contribution >= 0.6 is 0 Å². The Balaban J connectivity index is 1.65. The van der Waals surface area contributed by atoms with Gasteiger partial charge < -0.3 is 5.32 Å². The Hall–Kier alpha value is -1.66. The molecular weight excluding hydrogens is 336 g/mol. The van der Waals surface area contributed by atoms with Crippen LogP contribution in [0.2, 0.25) is 0 Å². The molecule has 0 unspecified atom stereocenters. The molecule has 1 saturated carbocycles. The van der Waals surface area contributed by atoms with Crippen LogP contribution < -0.4 is 5.32 Å². The number of hydrogen-bond donors (Lipinski definition) is 1. The topological polar surface area (TPSA) is 66.5 Å². The zero-order valence-electron chi connectivity index (χ0n) is 14.7. The fourth-order valence-electron chi connectivity index (χ4n) is 3.01. The predicted molar refractivity (Wildman–Crippen MR) is 98.5 cm³/mol. The number of hydrogen-bond acceptors (Lipinski definition) is 3. The number of rotatable bonds is 5. The summed E-state index contributed by atoms with van der Waals surface area (Å²) in [6.45, 7) is 3.23. The van der Waals surface area contributed by atoms with E-state index in [0.29, 0.717) is 18.0 Å². The van der Waals surface area contributed by atoms with E-state index < -0.39 is 10.0 Å². The number of amides is 1. The summed E-state index contributed by atoms with van der Waals surface area (Å²) in [5.74, 6) is -0.110. The van der Waals surface area contributed by atoms with Crippen molar-refractivity contribution >= 4 is 22.0 Å². The number of nitrogens with zero attached hydrogens (tertiary/aromatic N) is 1. The van der Waals surface area contributed by atoms with Gasteiger partial charge in [0.15, 0.2) is 0 Å². The highest BCUT2D eigenvalue weighted by molar-refractivity contribution is 7.89. The lowest BCUT2D eigenvalue weighted by Gasteiger charge is -2.19. The van der Waals surface area contributed by atoms with E-state index in [-0.39, 0.29) is 11.4 Å². The lowest BCUT2D eigenvalue weighted by Crippen LogP contribution is -2.32. The third-order valence-corrected chi connectivity index (χ3v) is 6.85. The Kier molecular flexibility index (Phi) is 5.29. The largest absolute Gasteiger partial charge is 0.347 e. The number of carbonyl (C=O) groups is 1. The predicted octanol–water partition coefficient (Wildman–Crippen LogP) is 2.93. The van der Waals surface area contributed by atoms with E-state index in [2.05, 4.69) is 5.32 Å². The van der Waals surface area contributed by atoms with E-state index >= 15 is 0 Å². The monoisotopic (exact) mass is 362 g/mol. The van der Waals surface area contributed by atoms with Crippen molar-refractivity contribution in [3.63, 3.8) is 0 Å². The molecule has 136 valence electrons. The van der Waals surface area contributed by atoms with Crippen LogP contribution in [-0.4, -0.2) is 37.3 Å². The van der Waals surface area contributed by atoms with Gasteiger partial charge in [0, 0.05) is 24.7 Å². The maximum Gasteiger partial charge on any atom is 0.244 e. The van der Waals surface area contributed by atoms with Crippen molar-refractivity contribution in [2.75, 3.05) is 13.1 Å². The van der Waals surface area contributed by atoms with Crippen LogP contribution in [0.15, 0.2) is 35.2 Å². The number of benzene rings is 1. The van der Waals surface area contributed by atoms with Crippen molar-refractivity contribution in [1.82, 2.24) is 9.62 Å². The van der Waals surface area contributed by atoms with Gasteiger partial charge in [0.05, 0.1) is 4.90 Å². The zero-order chi connectivity index (χ0) is 17.9. The van der Waals surface area contributed by atoms with Gasteiger partial charge in [-0.05, 0) is 56.4 Å².